The van der Waals surface area contributed by atoms with E-state index in [9.17, 15) is 5.26 Å². The van der Waals surface area contributed by atoms with Crippen molar-refractivity contribution in [2.24, 2.45) is 5.16 Å². The van der Waals surface area contributed by atoms with Gasteiger partial charge in [-0.15, -0.1) is 0 Å². The molecule has 0 radical (unpaired) electrons. The van der Waals surface area contributed by atoms with Gasteiger partial charge in [0.1, 0.15) is 25.5 Å². The number of nitriles is 1. The summed E-state index contributed by atoms with van der Waals surface area (Å²) >= 11 is 0. The largest absolute Gasteiger partial charge is 0.489 e. The van der Waals surface area contributed by atoms with Crippen molar-refractivity contribution in [2.45, 2.75) is 59.0 Å². The quantitative estimate of drug-likeness (QED) is 0.493. The number of nitrogens with zero attached hydrogens (tertiary/aromatic N) is 2. The number of hydrogen-bond acceptors (Lipinski definition) is 4. The van der Waals surface area contributed by atoms with Gasteiger partial charge in [-0.3, -0.25) is 0 Å². The molecule has 0 N–H and O–H groups in total. The molecule has 148 valence electrons. The fraction of sp³-hybridized carbons (Fsp3) is 0.417. The highest BCUT2D eigenvalue weighted by Crippen LogP contribution is 2.36. The van der Waals surface area contributed by atoms with Crippen molar-refractivity contribution >= 4 is 5.71 Å². The van der Waals surface area contributed by atoms with Crippen molar-refractivity contribution in [3.05, 3.63) is 64.7 Å². The maximum absolute atomic E-state index is 9.38. The molecule has 4 heteroatoms. The molecule has 0 bridgehead atoms. The van der Waals surface area contributed by atoms with Gasteiger partial charge in [-0.1, -0.05) is 83.1 Å². The van der Waals surface area contributed by atoms with Gasteiger partial charge in [0.05, 0.1) is 0 Å². The van der Waals surface area contributed by atoms with Gasteiger partial charge in [-0.2, -0.15) is 5.26 Å². The lowest BCUT2D eigenvalue weighted by Gasteiger charge is -2.27. The van der Waals surface area contributed by atoms with Crippen LogP contribution in [0.5, 0.6) is 5.75 Å². The minimum absolute atomic E-state index is 0.0502. The minimum Gasteiger partial charge on any atom is -0.489 e. The fourth-order valence-corrected chi connectivity index (χ4v) is 2.96. The minimum atomic E-state index is -0.0502. The second-order valence-electron chi connectivity index (χ2n) is 8.89. The van der Waals surface area contributed by atoms with E-state index in [4.69, 9.17) is 9.57 Å². The number of ether oxygens (including phenoxy) is 1. The summed E-state index contributed by atoms with van der Waals surface area (Å²) in [6.45, 7) is 13.6. The lowest BCUT2D eigenvalue weighted by molar-refractivity contribution is 0.214. The first-order valence-electron chi connectivity index (χ1n) is 9.45. The van der Waals surface area contributed by atoms with Gasteiger partial charge in [0, 0.05) is 5.56 Å². The highest BCUT2D eigenvalue weighted by Gasteiger charge is 2.23. The van der Waals surface area contributed by atoms with Crippen molar-refractivity contribution in [1.82, 2.24) is 0 Å². The predicted octanol–water partition coefficient (Wildman–Crippen LogP) is 5.73. The Labute approximate surface area is 168 Å². The van der Waals surface area contributed by atoms with Gasteiger partial charge in [0.2, 0.25) is 0 Å². The Bertz CT molecular complexity index is 894. The molecule has 0 unspecified atom stereocenters. The van der Waals surface area contributed by atoms with Crippen LogP contribution in [0.1, 0.15) is 63.8 Å². The van der Waals surface area contributed by atoms with Gasteiger partial charge in [0.15, 0.2) is 5.71 Å². The molecule has 4 nitrogen and oxygen atoms in total. The van der Waals surface area contributed by atoms with E-state index in [1.807, 2.05) is 24.3 Å². The third kappa shape index (κ3) is 5.13. The topological polar surface area (TPSA) is 54.6 Å². The van der Waals surface area contributed by atoms with Crippen molar-refractivity contribution in [2.75, 3.05) is 7.11 Å². The molecule has 2 aromatic carbocycles. The van der Waals surface area contributed by atoms with Crippen LogP contribution in [0, 0.1) is 11.3 Å². The molecule has 0 fully saturated rings. The van der Waals surface area contributed by atoms with E-state index in [0.717, 1.165) is 16.9 Å². The van der Waals surface area contributed by atoms with E-state index in [2.05, 4.69) is 71.0 Å². The zero-order valence-corrected chi connectivity index (χ0v) is 18.0. The average Bonchev–Trinajstić information content (AvgIpc) is 2.63. The van der Waals surface area contributed by atoms with E-state index in [1.54, 1.807) is 0 Å². The van der Waals surface area contributed by atoms with Gasteiger partial charge in [-0.25, -0.2) is 0 Å². The summed E-state index contributed by atoms with van der Waals surface area (Å²) in [7, 11) is 1.43. The Kier molecular flexibility index (Phi) is 6.51. The van der Waals surface area contributed by atoms with Crippen LogP contribution in [0.3, 0.4) is 0 Å². The first-order chi connectivity index (χ1) is 13.1. The number of benzene rings is 2. The van der Waals surface area contributed by atoms with E-state index >= 15 is 0 Å². The summed E-state index contributed by atoms with van der Waals surface area (Å²) in [5.74, 6) is 0.859. The lowest BCUT2D eigenvalue weighted by Crippen LogP contribution is -2.18. The standard InChI is InChI=1S/C24H30N2O2/c1-23(2,3)18-12-13-22(20(14-18)24(4,5)6)28-16-17-10-8-9-11-19(17)21(15-25)26-27-7/h8-14H,16H2,1-7H3/b26-21-. The summed E-state index contributed by atoms with van der Waals surface area (Å²) in [5, 5.41) is 13.2. The van der Waals surface area contributed by atoms with Crippen LogP contribution in [0.25, 0.3) is 0 Å². The van der Waals surface area contributed by atoms with Crippen LogP contribution >= 0.6 is 0 Å². The highest BCUT2D eigenvalue weighted by atomic mass is 16.6. The molecule has 2 rings (SSSR count). The smallest absolute Gasteiger partial charge is 0.187 e. The molecule has 0 amide bonds. The Hall–Kier alpha value is -2.80. The van der Waals surface area contributed by atoms with Crippen LogP contribution in [-0.4, -0.2) is 12.8 Å². The SMILES string of the molecule is CO/N=C(/C#N)c1ccccc1COc1ccc(C(C)(C)C)cc1C(C)(C)C. The Morgan fingerprint density at radius 3 is 2.25 bits per heavy atom. The zero-order chi connectivity index (χ0) is 20.9. The summed E-state index contributed by atoms with van der Waals surface area (Å²) in [6, 6.07) is 16.1. The average molecular weight is 379 g/mol. The summed E-state index contributed by atoms with van der Waals surface area (Å²) in [5.41, 5.74) is 4.32. The number of oxime groups is 1. The van der Waals surface area contributed by atoms with Crippen molar-refractivity contribution in [1.29, 1.82) is 5.26 Å². The van der Waals surface area contributed by atoms with Crippen LogP contribution in [0.15, 0.2) is 47.6 Å². The molecular weight excluding hydrogens is 348 g/mol. The fourth-order valence-electron chi connectivity index (χ4n) is 2.96. The first kappa shape index (κ1) is 21.5. The number of rotatable bonds is 5. The molecular formula is C24H30N2O2. The Morgan fingerprint density at radius 2 is 1.68 bits per heavy atom. The molecule has 2 aromatic rings. The van der Waals surface area contributed by atoms with E-state index in [1.165, 1.54) is 18.2 Å². The highest BCUT2D eigenvalue weighted by molar-refractivity contribution is 6.12. The van der Waals surface area contributed by atoms with Gasteiger partial charge in [0.25, 0.3) is 0 Å². The molecule has 0 heterocycles. The Balaban J connectivity index is 2.39. The van der Waals surface area contributed by atoms with E-state index < -0.39 is 0 Å². The molecule has 0 aliphatic rings. The maximum Gasteiger partial charge on any atom is 0.187 e. The molecule has 0 aliphatic carbocycles. The van der Waals surface area contributed by atoms with Gasteiger partial charge < -0.3 is 9.57 Å². The van der Waals surface area contributed by atoms with Crippen molar-refractivity contribution in [3.63, 3.8) is 0 Å². The molecule has 0 saturated carbocycles. The Morgan fingerprint density at radius 1 is 1.00 bits per heavy atom. The monoisotopic (exact) mass is 378 g/mol. The molecule has 0 atom stereocenters. The third-order valence-corrected chi connectivity index (χ3v) is 4.60. The second kappa shape index (κ2) is 8.48. The van der Waals surface area contributed by atoms with Crippen LogP contribution in [0.4, 0.5) is 0 Å². The van der Waals surface area contributed by atoms with E-state index in [0.29, 0.717) is 6.61 Å². The third-order valence-electron chi connectivity index (χ3n) is 4.60. The van der Waals surface area contributed by atoms with Crippen LogP contribution < -0.4 is 4.74 Å². The molecule has 0 aliphatic heterocycles. The van der Waals surface area contributed by atoms with Gasteiger partial charge >= 0.3 is 0 Å². The zero-order valence-electron chi connectivity index (χ0n) is 18.0. The molecule has 28 heavy (non-hydrogen) atoms. The summed E-state index contributed by atoms with van der Waals surface area (Å²) in [4.78, 5) is 4.80. The van der Waals surface area contributed by atoms with Crippen molar-refractivity contribution < 1.29 is 9.57 Å². The molecule has 0 saturated heterocycles. The van der Waals surface area contributed by atoms with Crippen LogP contribution in [0.2, 0.25) is 0 Å². The lowest BCUT2D eigenvalue weighted by atomic mass is 9.80. The number of hydrogen-bond donors (Lipinski definition) is 0. The summed E-state index contributed by atoms with van der Waals surface area (Å²) < 4.78 is 6.23. The maximum atomic E-state index is 9.38. The van der Waals surface area contributed by atoms with E-state index in [-0.39, 0.29) is 16.5 Å². The van der Waals surface area contributed by atoms with Gasteiger partial charge in [-0.05, 0) is 33.6 Å². The van der Waals surface area contributed by atoms with Crippen molar-refractivity contribution in [3.8, 4) is 11.8 Å². The normalized spacial score (nSPS) is 12.4. The van der Waals surface area contributed by atoms with Crippen LogP contribution in [-0.2, 0) is 22.3 Å². The second-order valence-corrected chi connectivity index (χ2v) is 8.89. The molecule has 0 spiro atoms. The first-order valence-corrected chi connectivity index (χ1v) is 9.45. The predicted molar refractivity (Wildman–Crippen MR) is 114 cm³/mol. The summed E-state index contributed by atoms with van der Waals surface area (Å²) in [6.07, 6.45) is 0. The molecule has 0 aromatic heterocycles.